The van der Waals surface area contributed by atoms with Gasteiger partial charge < -0.3 is 4.90 Å². The lowest BCUT2D eigenvalue weighted by Crippen LogP contribution is -2.43. The van der Waals surface area contributed by atoms with Gasteiger partial charge in [-0.1, -0.05) is 0 Å². The standard InChI is InChI=1S/C9H17N/c1-10(2)9-5-7-3-8(4-7)6-9/h7-9H,3-6H2,1-2H3. The number of nitrogens with zero attached hydrogens (tertiary/aromatic N) is 1. The van der Waals surface area contributed by atoms with Crippen LogP contribution in [0.5, 0.6) is 0 Å². The zero-order valence-electron chi connectivity index (χ0n) is 7.01. The first-order chi connectivity index (χ1) is 4.75. The molecule has 3 rings (SSSR count). The highest BCUT2D eigenvalue weighted by molar-refractivity contribution is 4.91. The second-order valence-electron chi connectivity index (χ2n) is 4.29. The van der Waals surface area contributed by atoms with Crippen LogP contribution in [0.4, 0.5) is 0 Å². The first-order valence-corrected chi connectivity index (χ1v) is 4.42. The normalized spacial score (nSPS) is 45.3. The number of hydrogen-bond acceptors (Lipinski definition) is 1. The van der Waals surface area contributed by atoms with Gasteiger partial charge in [-0.3, -0.25) is 0 Å². The lowest BCUT2D eigenvalue weighted by atomic mass is 9.63. The van der Waals surface area contributed by atoms with Gasteiger partial charge >= 0.3 is 0 Å². The lowest BCUT2D eigenvalue weighted by molar-refractivity contribution is 0.0451. The number of hydrogen-bond donors (Lipinski definition) is 0. The average Bonchev–Trinajstić information content (AvgIpc) is 1.86. The third kappa shape index (κ3) is 0.968. The predicted octanol–water partition coefficient (Wildman–Crippen LogP) is 1.74. The predicted molar refractivity (Wildman–Crippen MR) is 42.9 cm³/mol. The molecule has 0 aromatic carbocycles. The summed E-state index contributed by atoms with van der Waals surface area (Å²) in [6.07, 6.45) is 6.04. The van der Waals surface area contributed by atoms with Crippen molar-refractivity contribution in [3.05, 3.63) is 0 Å². The summed E-state index contributed by atoms with van der Waals surface area (Å²) in [5, 5.41) is 0. The molecule has 0 spiro atoms. The zero-order chi connectivity index (χ0) is 7.14. The Kier molecular flexibility index (Phi) is 1.48. The van der Waals surface area contributed by atoms with Gasteiger partial charge in [0.1, 0.15) is 0 Å². The van der Waals surface area contributed by atoms with Gasteiger partial charge in [-0.15, -0.1) is 0 Å². The van der Waals surface area contributed by atoms with E-state index in [2.05, 4.69) is 19.0 Å². The summed E-state index contributed by atoms with van der Waals surface area (Å²) in [6, 6.07) is 0.914. The molecule has 0 heterocycles. The second kappa shape index (κ2) is 2.23. The Morgan fingerprint density at radius 3 is 1.70 bits per heavy atom. The third-order valence-electron chi connectivity index (χ3n) is 3.27. The molecular weight excluding hydrogens is 122 g/mol. The lowest BCUT2D eigenvalue weighted by Gasteiger charge is -2.47. The first kappa shape index (κ1) is 6.66. The van der Waals surface area contributed by atoms with Crippen molar-refractivity contribution in [3.63, 3.8) is 0 Å². The fourth-order valence-electron chi connectivity index (χ4n) is 2.55. The van der Waals surface area contributed by atoms with Gasteiger partial charge in [-0.2, -0.15) is 0 Å². The summed E-state index contributed by atoms with van der Waals surface area (Å²) in [7, 11) is 4.44. The van der Waals surface area contributed by atoms with E-state index in [0.717, 1.165) is 17.9 Å². The van der Waals surface area contributed by atoms with E-state index in [9.17, 15) is 0 Å². The maximum absolute atomic E-state index is 2.40. The fourth-order valence-corrected chi connectivity index (χ4v) is 2.55. The van der Waals surface area contributed by atoms with E-state index in [-0.39, 0.29) is 0 Å². The van der Waals surface area contributed by atoms with E-state index in [4.69, 9.17) is 0 Å². The Morgan fingerprint density at radius 2 is 1.40 bits per heavy atom. The van der Waals surface area contributed by atoms with Crippen molar-refractivity contribution in [2.24, 2.45) is 11.8 Å². The van der Waals surface area contributed by atoms with Crippen molar-refractivity contribution < 1.29 is 0 Å². The molecule has 0 aliphatic heterocycles. The quantitative estimate of drug-likeness (QED) is 0.535. The Labute approximate surface area is 63.4 Å². The Balaban J connectivity index is 1.91. The van der Waals surface area contributed by atoms with Crippen LogP contribution in [-0.4, -0.2) is 25.0 Å². The van der Waals surface area contributed by atoms with Gasteiger partial charge in [0.15, 0.2) is 0 Å². The highest BCUT2D eigenvalue weighted by atomic mass is 15.1. The minimum Gasteiger partial charge on any atom is -0.306 e. The van der Waals surface area contributed by atoms with Crippen molar-refractivity contribution >= 4 is 0 Å². The van der Waals surface area contributed by atoms with Crippen molar-refractivity contribution in [1.82, 2.24) is 4.90 Å². The Hall–Kier alpha value is -0.0400. The summed E-state index contributed by atoms with van der Waals surface area (Å²) in [6.45, 7) is 0. The second-order valence-corrected chi connectivity index (χ2v) is 4.29. The maximum Gasteiger partial charge on any atom is 0.00944 e. The summed E-state index contributed by atoms with van der Waals surface area (Å²) in [4.78, 5) is 2.40. The molecule has 0 saturated heterocycles. The minimum atomic E-state index is 0.914. The molecule has 0 aromatic heterocycles. The highest BCUT2D eigenvalue weighted by Crippen LogP contribution is 2.46. The molecule has 3 fully saturated rings. The van der Waals surface area contributed by atoms with Crippen LogP contribution in [0.3, 0.4) is 0 Å². The van der Waals surface area contributed by atoms with Gasteiger partial charge in [0.25, 0.3) is 0 Å². The molecule has 0 aromatic rings. The minimum absolute atomic E-state index is 0.914. The van der Waals surface area contributed by atoms with Crippen LogP contribution in [0.2, 0.25) is 0 Å². The summed E-state index contributed by atoms with van der Waals surface area (Å²) < 4.78 is 0. The SMILES string of the molecule is CN(C)C1CC2CC(C2)C1. The molecule has 0 N–H and O–H groups in total. The smallest absolute Gasteiger partial charge is 0.00944 e. The topological polar surface area (TPSA) is 3.24 Å². The van der Waals surface area contributed by atoms with Crippen LogP contribution < -0.4 is 0 Å². The van der Waals surface area contributed by atoms with Crippen LogP contribution in [0.1, 0.15) is 25.7 Å². The van der Waals surface area contributed by atoms with E-state index in [1.165, 1.54) is 12.8 Å². The molecule has 0 unspecified atom stereocenters. The average molecular weight is 139 g/mol. The Bertz CT molecular complexity index is 115. The van der Waals surface area contributed by atoms with Gasteiger partial charge in [0.05, 0.1) is 0 Å². The van der Waals surface area contributed by atoms with Crippen molar-refractivity contribution in [1.29, 1.82) is 0 Å². The number of fused-ring (bicyclic) bond motifs is 2. The molecular formula is C9H17N. The molecule has 0 amide bonds. The molecule has 1 heteroatoms. The van der Waals surface area contributed by atoms with E-state index in [0.29, 0.717) is 0 Å². The summed E-state index contributed by atoms with van der Waals surface area (Å²) in [5.74, 6) is 2.21. The van der Waals surface area contributed by atoms with Crippen LogP contribution in [0, 0.1) is 11.8 Å². The zero-order valence-corrected chi connectivity index (χ0v) is 7.01. The van der Waals surface area contributed by atoms with Crippen LogP contribution >= 0.6 is 0 Å². The monoisotopic (exact) mass is 139 g/mol. The highest BCUT2D eigenvalue weighted by Gasteiger charge is 2.38. The van der Waals surface area contributed by atoms with E-state index < -0.39 is 0 Å². The van der Waals surface area contributed by atoms with E-state index >= 15 is 0 Å². The number of rotatable bonds is 1. The van der Waals surface area contributed by atoms with Crippen molar-refractivity contribution in [2.75, 3.05) is 14.1 Å². The summed E-state index contributed by atoms with van der Waals surface area (Å²) in [5.41, 5.74) is 0. The first-order valence-electron chi connectivity index (χ1n) is 4.42. The molecule has 2 bridgehead atoms. The van der Waals surface area contributed by atoms with Crippen molar-refractivity contribution in [3.8, 4) is 0 Å². The van der Waals surface area contributed by atoms with Crippen LogP contribution in [0.15, 0.2) is 0 Å². The summed E-state index contributed by atoms with van der Waals surface area (Å²) >= 11 is 0. The molecule has 3 aliphatic rings. The molecule has 3 aliphatic carbocycles. The molecule has 3 saturated carbocycles. The maximum atomic E-state index is 2.40. The van der Waals surface area contributed by atoms with E-state index in [1.807, 2.05) is 0 Å². The largest absolute Gasteiger partial charge is 0.306 e. The molecule has 1 nitrogen and oxygen atoms in total. The van der Waals surface area contributed by atoms with Crippen LogP contribution in [-0.2, 0) is 0 Å². The molecule has 58 valence electrons. The van der Waals surface area contributed by atoms with Crippen molar-refractivity contribution in [2.45, 2.75) is 31.7 Å². The van der Waals surface area contributed by atoms with Crippen LogP contribution in [0.25, 0.3) is 0 Å². The molecule has 0 radical (unpaired) electrons. The van der Waals surface area contributed by atoms with Gasteiger partial charge in [-0.05, 0) is 51.6 Å². The van der Waals surface area contributed by atoms with Gasteiger partial charge in [-0.25, -0.2) is 0 Å². The molecule has 0 atom stereocenters. The Morgan fingerprint density at radius 1 is 0.900 bits per heavy atom. The fraction of sp³-hybridized carbons (Fsp3) is 1.00. The third-order valence-corrected chi connectivity index (χ3v) is 3.27. The van der Waals surface area contributed by atoms with E-state index in [1.54, 1.807) is 12.8 Å². The molecule has 10 heavy (non-hydrogen) atoms. The van der Waals surface area contributed by atoms with Gasteiger partial charge in [0.2, 0.25) is 0 Å². The van der Waals surface area contributed by atoms with Gasteiger partial charge in [0, 0.05) is 6.04 Å².